The second-order valence-electron chi connectivity index (χ2n) is 7.91. The summed E-state index contributed by atoms with van der Waals surface area (Å²) in [7, 11) is -0.845. The quantitative estimate of drug-likeness (QED) is 0.243. The molecule has 0 fully saturated rings. The third-order valence-electron chi connectivity index (χ3n) is 5.32. The molecular formula is C27H24N4O6S2. The van der Waals surface area contributed by atoms with E-state index in [0.29, 0.717) is 28.3 Å². The molecule has 1 heterocycles. The summed E-state index contributed by atoms with van der Waals surface area (Å²) in [6.07, 6.45) is 2.99. The summed E-state index contributed by atoms with van der Waals surface area (Å²) in [5.41, 5.74) is 1.21. The molecule has 4 aromatic rings. The molecule has 0 saturated carbocycles. The van der Waals surface area contributed by atoms with E-state index in [4.69, 9.17) is 9.47 Å². The van der Waals surface area contributed by atoms with Crippen molar-refractivity contribution in [1.82, 2.24) is 10.3 Å². The van der Waals surface area contributed by atoms with Crippen molar-refractivity contribution < 1.29 is 27.5 Å². The molecule has 3 N–H and O–H groups in total. The predicted molar refractivity (Wildman–Crippen MR) is 149 cm³/mol. The average molecular weight is 565 g/mol. The number of carbonyl (C=O) groups is 2. The Morgan fingerprint density at radius 3 is 2.28 bits per heavy atom. The fourth-order valence-corrected chi connectivity index (χ4v) is 5.20. The minimum Gasteiger partial charge on any atom is -0.493 e. The molecule has 0 spiro atoms. The van der Waals surface area contributed by atoms with E-state index in [1.807, 2.05) is 0 Å². The molecule has 0 unspecified atom stereocenters. The minimum atomic E-state index is -3.85. The number of nitrogens with zero attached hydrogens (tertiary/aromatic N) is 1. The van der Waals surface area contributed by atoms with Crippen LogP contribution in [0.5, 0.6) is 11.5 Å². The molecule has 39 heavy (non-hydrogen) atoms. The highest BCUT2D eigenvalue weighted by molar-refractivity contribution is 7.93. The Morgan fingerprint density at radius 2 is 1.64 bits per heavy atom. The van der Waals surface area contributed by atoms with Crippen molar-refractivity contribution in [3.8, 4) is 11.5 Å². The van der Waals surface area contributed by atoms with Gasteiger partial charge in [0, 0.05) is 22.8 Å². The molecule has 0 radical (unpaired) electrons. The number of amides is 2. The van der Waals surface area contributed by atoms with Crippen LogP contribution in [0.25, 0.3) is 6.08 Å². The van der Waals surface area contributed by atoms with Crippen molar-refractivity contribution in [1.29, 1.82) is 0 Å². The van der Waals surface area contributed by atoms with Gasteiger partial charge in [-0.05, 0) is 60.2 Å². The normalized spacial score (nSPS) is 11.4. The maximum absolute atomic E-state index is 13.3. The lowest BCUT2D eigenvalue weighted by Gasteiger charge is -2.13. The van der Waals surface area contributed by atoms with Gasteiger partial charge >= 0.3 is 0 Å². The maximum Gasteiger partial charge on any atom is 0.272 e. The van der Waals surface area contributed by atoms with Crippen LogP contribution in [0, 0.1) is 0 Å². The molecule has 0 aliphatic heterocycles. The largest absolute Gasteiger partial charge is 0.493 e. The zero-order chi connectivity index (χ0) is 27.8. The second-order valence-corrected chi connectivity index (χ2v) is 10.5. The van der Waals surface area contributed by atoms with Crippen molar-refractivity contribution in [2.75, 3.05) is 24.3 Å². The Balaban J connectivity index is 1.58. The number of anilines is 2. The Bertz CT molecular complexity index is 1590. The van der Waals surface area contributed by atoms with Crippen LogP contribution >= 0.6 is 11.3 Å². The van der Waals surface area contributed by atoms with Gasteiger partial charge in [-0.2, -0.15) is 0 Å². The van der Waals surface area contributed by atoms with Crippen LogP contribution in [0.2, 0.25) is 0 Å². The number of nitrogens with one attached hydrogen (secondary N) is 3. The summed E-state index contributed by atoms with van der Waals surface area (Å²) in [4.78, 5) is 30.0. The summed E-state index contributed by atoms with van der Waals surface area (Å²) in [5, 5.41) is 7.24. The van der Waals surface area contributed by atoms with Gasteiger partial charge in [-0.1, -0.05) is 24.3 Å². The Labute approximate surface area is 229 Å². The second kappa shape index (κ2) is 12.2. The minimum absolute atomic E-state index is 0.00540. The van der Waals surface area contributed by atoms with E-state index < -0.39 is 21.8 Å². The third kappa shape index (κ3) is 7.00. The van der Waals surface area contributed by atoms with E-state index in [0.717, 1.165) is 11.3 Å². The van der Waals surface area contributed by atoms with Crippen molar-refractivity contribution >= 4 is 50.1 Å². The molecule has 0 atom stereocenters. The Hall–Kier alpha value is -4.68. The SMILES string of the molecule is COc1ccc(C=C(NC(=O)c2ccccc2)C(=O)Nc2ccc(S(=O)(=O)Nc3nccs3)cc2)cc1OC. The summed E-state index contributed by atoms with van der Waals surface area (Å²) in [6, 6.07) is 19.1. The van der Waals surface area contributed by atoms with E-state index in [1.165, 1.54) is 50.8 Å². The molecule has 0 aliphatic rings. The Morgan fingerprint density at radius 1 is 0.923 bits per heavy atom. The molecule has 12 heteroatoms. The first kappa shape index (κ1) is 27.4. The van der Waals surface area contributed by atoms with Crippen molar-refractivity contribution in [2.24, 2.45) is 0 Å². The topological polar surface area (TPSA) is 136 Å². The number of hydrogen-bond acceptors (Lipinski definition) is 8. The molecule has 3 aromatic carbocycles. The third-order valence-corrected chi connectivity index (χ3v) is 7.50. The van der Waals surface area contributed by atoms with Crippen LogP contribution in [0.1, 0.15) is 15.9 Å². The number of ether oxygens (including phenoxy) is 2. The van der Waals surface area contributed by atoms with Gasteiger partial charge in [-0.3, -0.25) is 14.3 Å². The van der Waals surface area contributed by atoms with Gasteiger partial charge in [0.25, 0.3) is 21.8 Å². The first-order valence-corrected chi connectivity index (χ1v) is 13.8. The molecule has 0 aliphatic carbocycles. The first-order chi connectivity index (χ1) is 18.8. The molecule has 200 valence electrons. The molecule has 0 saturated heterocycles. The van der Waals surface area contributed by atoms with E-state index in [9.17, 15) is 18.0 Å². The van der Waals surface area contributed by atoms with Crippen molar-refractivity contribution in [3.63, 3.8) is 0 Å². The lowest BCUT2D eigenvalue weighted by atomic mass is 10.1. The van der Waals surface area contributed by atoms with Crippen LogP contribution in [0.4, 0.5) is 10.8 Å². The molecule has 0 bridgehead atoms. The average Bonchev–Trinajstić information content (AvgIpc) is 3.45. The van der Waals surface area contributed by atoms with Gasteiger partial charge < -0.3 is 20.1 Å². The van der Waals surface area contributed by atoms with E-state index in [2.05, 4.69) is 20.3 Å². The number of aromatic nitrogens is 1. The van der Waals surface area contributed by atoms with E-state index in [-0.39, 0.29) is 15.7 Å². The fourth-order valence-electron chi connectivity index (χ4n) is 3.42. The van der Waals surface area contributed by atoms with Crippen LogP contribution in [-0.4, -0.2) is 39.4 Å². The number of carbonyl (C=O) groups excluding carboxylic acids is 2. The highest BCUT2D eigenvalue weighted by Gasteiger charge is 2.18. The van der Waals surface area contributed by atoms with Crippen LogP contribution in [0.15, 0.2) is 95.0 Å². The maximum atomic E-state index is 13.3. The predicted octanol–water partition coefficient (Wildman–Crippen LogP) is 4.37. The first-order valence-electron chi connectivity index (χ1n) is 11.4. The molecule has 4 rings (SSSR count). The molecule has 10 nitrogen and oxygen atoms in total. The number of methoxy groups -OCH3 is 2. The number of sulfonamides is 1. The van der Waals surface area contributed by atoms with Crippen LogP contribution < -0.4 is 24.8 Å². The fraction of sp³-hybridized carbons (Fsp3) is 0.0741. The number of benzene rings is 3. The van der Waals surface area contributed by atoms with Gasteiger partial charge in [-0.25, -0.2) is 13.4 Å². The lowest BCUT2D eigenvalue weighted by molar-refractivity contribution is -0.113. The summed E-state index contributed by atoms with van der Waals surface area (Å²) >= 11 is 1.15. The number of rotatable bonds is 10. The van der Waals surface area contributed by atoms with Gasteiger partial charge in [-0.15, -0.1) is 11.3 Å². The van der Waals surface area contributed by atoms with E-state index >= 15 is 0 Å². The summed E-state index contributed by atoms with van der Waals surface area (Å²) in [6.45, 7) is 0. The van der Waals surface area contributed by atoms with E-state index in [1.54, 1.807) is 53.9 Å². The van der Waals surface area contributed by atoms with Gasteiger partial charge in [0.05, 0.1) is 19.1 Å². The smallest absolute Gasteiger partial charge is 0.272 e. The van der Waals surface area contributed by atoms with Gasteiger partial charge in [0.15, 0.2) is 16.6 Å². The number of hydrogen-bond donors (Lipinski definition) is 3. The highest BCUT2D eigenvalue weighted by atomic mass is 32.2. The van der Waals surface area contributed by atoms with Crippen molar-refractivity contribution in [2.45, 2.75) is 4.90 Å². The van der Waals surface area contributed by atoms with Gasteiger partial charge in [0.1, 0.15) is 5.70 Å². The zero-order valence-corrected chi connectivity index (χ0v) is 22.5. The highest BCUT2D eigenvalue weighted by Crippen LogP contribution is 2.28. The molecule has 2 amide bonds. The number of thiazole rings is 1. The van der Waals surface area contributed by atoms with Crippen LogP contribution in [-0.2, 0) is 14.8 Å². The molecular weight excluding hydrogens is 540 g/mol. The zero-order valence-electron chi connectivity index (χ0n) is 20.9. The standard InChI is InChI=1S/C27H24N4O6S2/c1-36-23-13-8-18(17-24(23)37-2)16-22(30-25(32)19-6-4-3-5-7-19)26(33)29-20-9-11-21(12-10-20)39(34,35)31-27-28-14-15-38-27/h3-17H,1-2H3,(H,28,31)(H,29,33)(H,30,32). The Kier molecular flexibility index (Phi) is 8.59. The van der Waals surface area contributed by atoms with Crippen molar-refractivity contribution in [3.05, 3.63) is 101 Å². The summed E-state index contributed by atoms with van der Waals surface area (Å²) < 4.78 is 38.2. The summed E-state index contributed by atoms with van der Waals surface area (Å²) in [5.74, 6) is -0.144. The lowest BCUT2D eigenvalue weighted by Crippen LogP contribution is -2.30. The van der Waals surface area contributed by atoms with Crippen LogP contribution in [0.3, 0.4) is 0 Å². The van der Waals surface area contributed by atoms with Gasteiger partial charge in [0.2, 0.25) is 0 Å². The monoisotopic (exact) mass is 564 g/mol. The molecule has 1 aromatic heterocycles.